The zero-order valence-electron chi connectivity index (χ0n) is 11.2. The van der Waals surface area contributed by atoms with Crippen LogP contribution >= 0.6 is 0 Å². The molecule has 0 heterocycles. The normalized spacial score (nSPS) is 9.60. The summed E-state index contributed by atoms with van der Waals surface area (Å²) in [5.41, 5.74) is 1.36. The molecule has 2 rings (SSSR count). The van der Waals surface area contributed by atoms with Gasteiger partial charge >= 0.3 is 0 Å². The van der Waals surface area contributed by atoms with Crippen LogP contribution in [0.3, 0.4) is 0 Å². The number of carbonyl (C=O) groups excluding carboxylic acids is 1. The number of hydrogen-bond acceptors (Lipinski definition) is 2. The molecule has 2 aromatic carbocycles. The summed E-state index contributed by atoms with van der Waals surface area (Å²) in [4.78, 5) is 14.1. The van der Waals surface area contributed by atoms with E-state index in [-0.39, 0.29) is 12.5 Å². The van der Waals surface area contributed by atoms with Crippen LogP contribution in [0.4, 0.5) is 5.69 Å². The molecule has 0 atom stereocenters. The summed E-state index contributed by atoms with van der Waals surface area (Å²) in [6.45, 7) is 0.222. The van der Waals surface area contributed by atoms with E-state index in [0.717, 1.165) is 11.4 Å². The number of benzene rings is 2. The van der Waals surface area contributed by atoms with E-state index in [2.05, 4.69) is 5.92 Å². The van der Waals surface area contributed by atoms with Crippen molar-refractivity contribution < 1.29 is 9.53 Å². The fraction of sp³-hybridized carbons (Fsp3) is 0.118. The molecular formula is C17H15NO2. The molecular weight excluding hydrogens is 250 g/mol. The van der Waals surface area contributed by atoms with Crippen molar-refractivity contribution >= 4 is 11.6 Å². The molecule has 0 aliphatic heterocycles. The van der Waals surface area contributed by atoms with Crippen molar-refractivity contribution in [1.29, 1.82) is 0 Å². The largest absolute Gasteiger partial charge is 0.497 e. The number of hydrogen-bond donors (Lipinski definition) is 0. The Balaban J connectivity index is 2.31. The fourth-order valence-corrected chi connectivity index (χ4v) is 1.87. The molecule has 0 fully saturated rings. The molecule has 0 radical (unpaired) electrons. The van der Waals surface area contributed by atoms with E-state index in [9.17, 15) is 4.79 Å². The van der Waals surface area contributed by atoms with Gasteiger partial charge in [-0.25, -0.2) is 0 Å². The summed E-state index contributed by atoms with van der Waals surface area (Å²) >= 11 is 0. The lowest BCUT2D eigenvalue weighted by molar-refractivity contribution is 0.0990. The van der Waals surface area contributed by atoms with Crippen LogP contribution < -0.4 is 9.64 Å². The van der Waals surface area contributed by atoms with E-state index in [4.69, 9.17) is 11.2 Å². The molecule has 0 N–H and O–H groups in total. The minimum atomic E-state index is -0.117. The third kappa shape index (κ3) is 2.99. The Bertz CT molecular complexity index is 612. The van der Waals surface area contributed by atoms with Gasteiger partial charge in [-0.2, -0.15) is 0 Å². The lowest BCUT2D eigenvalue weighted by Gasteiger charge is -2.20. The molecule has 0 aromatic heterocycles. The molecule has 0 spiro atoms. The van der Waals surface area contributed by atoms with Crippen molar-refractivity contribution in [3.63, 3.8) is 0 Å². The van der Waals surface area contributed by atoms with E-state index in [0.29, 0.717) is 5.56 Å². The van der Waals surface area contributed by atoms with Crippen LogP contribution in [-0.2, 0) is 0 Å². The predicted molar refractivity (Wildman–Crippen MR) is 79.9 cm³/mol. The third-order valence-corrected chi connectivity index (χ3v) is 2.90. The Kier molecular flexibility index (Phi) is 4.41. The van der Waals surface area contributed by atoms with Gasteiger partial charge in [-0.05, 0) is 36.4 Å². The molecule has 0 saturated heterocycles. The van der Waals surface area contributed by atoms with Crippen molar-refractivity contribution in [3.05, 3.63) is 60.2 Å². The molecule has 0 saturated carbocycles. The van der Waals surface area contributed by atoms with Gasteiger partial charge in [0.2, 0.25) is 0 Å². The first kappa shape index (κ1) is 13.7. The zero-order valence-corrected chi connectivity index (χ0v) is 11.2. The number of rotatable bonds is 4. The van der Waals surface area contributed by atoms with Crippen molar-refractivity contribution in [2.75, 3.05) is 18.6 Å². The van der Waals surface area contributed by atoms with Crippen LogP contribution in [0.2, 0.25) is 0 Å². The number of terminal acetylenes is 1. The Morgan fingerprint density at radius 2 is 1.80 bits per heavy atom. The minimum absolute atomic E-state index is 0.117. The number of anilines is 1. The van der Waals surface area contributed by atoms with E-state index in [1.54, 1.807) is 36.3 Å². The SMILES string of the molecule is C#CCN(C(=O)c1ccccc1)c1ccc(OC)cc1. The van der Waals surface area contributed by atoms with Gasteiger partial charge in [0.25, 0.3) is 5.91 Å². The van der Waals surface area contributed by atoms with Crippen LogP contribution in [0.1, 0.15) is 10.4 Å². The van der Waals surface area contributed by atoms with Crippen LogP contribution in [0.25, 0.3) is 0 Å². The van der Waals surface area contributed by atoms with Crippen molar-refractivity contribution in [2.45, 2.75) is 0 Å². The molecule has 0 aliphatic rings. The Morgan fingerprint density at radius 3 is 2.35 bits per heavy atom. The van der Waals surface area contributed by atoms with Crippen molar-refractivity contribution in [2.24, 2.45) is 0 Å². The number of ether oxygens (including phenoxy) is 1. The topological polar surface area (TPSA) is 29.5 Å². The van der Waals surface area contributed by atoms with Gasteiger partial charge in [-0.15, -0.1) is 6.42 Å². The van der Waals surface area contributed by atoms with E-state index in [1.165, 1.54) is 0 Å². The summed E-state index contributed by atoms with van der Waals surface area (Å²) in [6.07, 6.45) is 5.37. The Morgan fingerprint density at radius 1 is 1.15 bits per heavy atom. The van der Waals surface area contributed by atoms with Gasteiger partial charge < -0.3 is 4.74 Å². The monoisotopic (exact) mass is 265 g/mol. The highest BCUT2D eigenvalue weighted by Gasteiger charge is 2.16. The molecule has 2 aromatic rings. The van der Waals surface area contributed by atoms with E-state index < -0.39 is 0 Å². The first-order chi connectivity index (χ1) is 9.76. The maximum Gasteiger partial charge on any atom is 0.259 e. The molecule has 3 heteroatoms. The highest BCUT2D eigenvalue weighted by molar-refractivity contribution is 6.06. The van der Waals surface area contributed by atoms with E-state index in [1.807, 2.05) is 30.3 Å². The van der Waals surface area contributed by atoms with Gasteiger partial charge in [0.1, 0.15) is 5.75 Å². The summed E-state index contributed by atoms with van der Waals surface area (Å²) in [5.74, 6) is 3.14. The highest BCUT2D eigenvalue weighted by Crippen LogP contribution is 2.20. The Hall–Kier alpha value is -2.73. The minimum Gasteiger partial charge on any atom is -0.497 e. The van der Waals surface area contributed by atoms with Crippen LogP contribution in [-0.4, -0.2) is 19.6 Å². The standard InChI is InChI=1S/C17H15NO2/c1-3-13-18(15-9-11-16(20-2)12-10-15)17(19)14-7-5-4-6-8-14/h1,4-12H,13H2,2H3. The molecule has 0 unspecified atom stereocenters. The van der Waals surface area contributed by atoms with Gasteiger partial charge in [0.15, 0.2) is 0 Å². The maximum atomic E-state index is 12.5. The average molecular weight is 265 g/mol. The second-order valence-electron chi connectivity index (χ2n) is 4.16. The summed E-state index contributed by atoms with van der Waals surface area (Å²) in [6, 6.07) is 16.3. The van der Waals surface area contributed by atoms with Gasteiger partial charge in [-0.3, -0.25) is 9.69 Å². The average Bonchev–Trinajstić information content (AvgIpc) is 2.53. The predicted octanol–water partition coefficient (Wildman–Crippen LogP) is 2.98. The summed E-state index contributed by atoms with van der Waals surface area (Å²) in [5, 5.41) is 0. The first-order valence-electron chi connectivity index (χ1n) is 6.20. The summed E-state index contributed by atoms with van der Waals surface area (Å²) in [7, 11) is 1.60. The molecule has 100 valence electrons. The quantitative estimate of drug-likeness (QED) is 0.795. The lowest BCUT2D eigenvalue weighted by Crippen LogP contribution is -2.31. The second-order valence-corrected chi connectivity index (χ2v) is 4.16. The van der Waals surface area contributed by atoms with Crippen LogP contribution in [0, 0.1) is 12.3 Å². The highest BCUT2D eigenvalue weighted by atomic mass is 16.5. The molecule has 1 amide bonds. The number of carbonyl (C=O) groups is 1. The zero-order chi connectivity index (χ0) is 14.4. The molecule has 20 heavy (non-hydrogen) atoms. The number of amides is 1. The van der Waals surface area contributed by atoms with Crippen LogP contribution in [0.5, 0.6) is 5.75 Å². The van der Waals surface area contributed by atoms with Gasteiger partial charge in [0.05, 0.1) is 13.7 Å². The fourth-order valence-electron chi connectivity index (χ4n) is 1.87. The molecule has 0 aliphatic carbocycles. The van der Waals surface area contributed by atoms with Crippen molar-refractivity contribution in [3.8, 4) is 18.1 Å². The maximum absolute atomic E-state index is 12.5. The Labute approximate surface area is 118 Å². The third-order valence-electron chi connectivity index (χ3n) is 2.90. The lowest BCUT2D eigenvalue weighted by atomic mass is 10.2. The molecule has 0 bridgehead atoms. The first-order valence-corrected chi connectivity index (χ1v) is 6.20. The van der Waals surface area contributed by atoms with Crippen molar-refractivity contribution in [1.82, 2.24) is 0 Å². The van der Waals surface area contributed by atoms with E-state index >= 15 is 0 Å². The second kappa shape index (κ2) is 6.44. The smallest absolute Gasteiger partial charge is 0.259 e. The molecule has 3 nitrogen and oxygen atoms in total. The number of nitrogens with zero attached hydrogens (tertiary/aromatic N) is 1. The van der Waals surface area contributed by atoms with Gasteiger partial charge in [0, 0.05) is 11.3 Å². The number of methoxy groups -OCH3 is 1. The van der Waals surface area contributed by atoms with Gasteiger partial charge in [-0.1, -0.05) is 24.1 Å². The summed E-state index contributed by atoms with van der Waals surface area (Å²) < 4.78 is 5.11. The van der Waals surface area contributed by atoms with Crippen LogP contribution in [0.15, 0.2) is 54.6 Å².